The molecule has 1 heterocycles. The lowest BCUT2D eigenvalue weighted by Gasteiger charge is -2.07. The van der Waals surface area contributed by atoms with E-state index in [0.717, 1.165) is 0 Å². The van der Waals surface area contributed by atoms with Crippen molar-refractivity contribution in [3.8, 4) is 11.4 Å². The molecule has 0 aliphatic heterocycles. The summed E-state index contributed by atoms with van der Waals surface area (Å²) in [6.45, 7) is -1.30. The molecule has 9 heteroatoms. The number of hydrogen-bond donors (Lipinski definition) is 1. The van der Waals surface area contributed by atoms with Crippen LogP contribution in [0.4, 0.5) is 18.9 Å². The molecular weight excluding hydrogens is 349 g/mol. The predicted molar refractivity (Wildman–Crippen MR) is 87.1 cm³/mol. The summed E-state index contributed by atoms with van der Waals surface area (Å²) in [6.07, 6.45) is 0. The minimum atomic E-state index is -2.91. The number of aromatic nitrogens is 3. The molecule has 26 heavy (non-hydrogen) atoms. The zero-order valence-corrected chi connectivity index (χ0v) is 13.5. The van der Waals surface area contributed by atoms with E-state index in [1.54, 1.807) is 13.0 Å². The standard InChI is InChI=1S/C17H13F3N4O2/c1-10-15(16(25)21-14-5-3-2-4-13(14)18)22-23-24(10)11-6-8-12(9-7-11)26-17(19)20/h2-9,17H,1H3,(H,21,25). The van der Waals surface area contributed by atoms with Gasteiger partial charge in [0.2, 0.25) is 0 Å². The second-order valence-corrected chi connectivity index (χ2v) is 5.24. The highest BCUT2D eigenvalue weighted by Gasteiger charge is 2.18. The fourth-order valence-corrected chi connectivity index (χ4v) is 2.30. The first-order chi connectivity index (χ1) is 12.5. The lowest BCUT2D eigenvalue weighted by Crippen LogP contribution is -2.15. The van der Waals surface area contributed by atoms with Crippen LogP contribution < -0.4 is 10.1 Å². The second kappa shape index (κ2) is 7.26. The SMILES string of the molecule is Cc1c(C(=O)Nc2ccccc2F)nnn1-c1ccc(OC(F)F)cc1. The van der Waals surface area contributed by atoms with E-state index in [2.05, 4.69) is 20.4 Å². The summed E-state index contributed by atoms with van der Waals surface area (Å²) < 4.78 is 43.7. The van der Waals surface area contributed by atoms with Gasteiger partial charge in [0.25, 0.3) is 5.91 Å². The van der Waals surface area contributed by atoms with Gasteiger partial charge in [-0.05, 0) is 43.3 Å². The molecule has 0 saturated heterocycles. The highest BCUT2D eigenvalue weighted by molar-refractivity contribution is 6.03. The van der Waals surface area contributed by atoms with Gasteiger partial charge in [-0.1, -0.05) is 17.3 Å². The Hall–Kier alpha value is -3.36. The van der Waals surface area contributed by atoms with Crippen LogP contribution >= 0.6 is 0 Å². The lowest BCUT2D eigenvalue weighted by atomic mass is 10.2. The molecule has 0 aliphatic rings. The Balaban J connectivity index is 1.81. The third-order valence-corrected chi connectivity index (χ3v) is 3.54. The number of alkyl halides is 2. The summed E-state index contributed by atoms with van der Waals surface area (Å²) in [5.41, 5.74) is 0.948. The smallest absolute Gasteiger partial charge is 0.387 e. The summed E-state index contributed by atoms with van der Waals surface area (Å²) >= 11 is 0. The number of benzene rings is 2. The number of nitrogens with one attached hydrogen (secondary N) is 1. The van der Waals surface area contributed by atoms with Crippen LogP contribution in [-0.4, -0.2) is 27.5 Å². The number of hydrogen-bond acceptors (Lipinski definition) is 4. The maximum absolute atomic E-state index is 13.6. The molecule has 3 aromatic rings. The first kappa shape index (κ1) is 17.5. The number of halogens is 3. The Labute approximate surface area is 146 Å². The molecule has 1 N–H and O–H groups in total. The van der Waals surface area contributed by atoms with Gasteiger partial charge in [-0.3, -0.25) is 4.79 Å². The second-order valence-electron chi connectivity index (χ2n) is 5.24. The van der Waals surface area contributed by atoms with E-state index in [1.807, 2.05) is 0 Å². The van der Waals surface area contributed by atoms with E-state index in [0.29, 0.717) is 11.4 Å². The van der Waals surface area contributed by atoms with Gasteiger partial charge in [0.1, 0.15) is 11.6 Å². The van der Waals surface area contributed by atoms with Crippen molar-refractivity contribution in [2.45, 2.75) is 13.5 Å². The van der Waals surface area contributed by atoms with Crippen molar-refractivity contribution in [2.75, 3.05) is 5.32 Å². The van der Waals surface area contributed by atoms with Gasteiger partial charge in [0.15, 0.2) is 5.69 Å². The quantitative estimate of drug-likeness (QED) is 0.753. The lowest BCUT2D eigenvalue weighted by molar-refractivity contribution is -0.0498. The number of carbonyl (C=O) groups excluding carboxylic acids is 1. The highest BCUT2D eigenvalue weighted by Crippen LogP contribution is 2.19. The van der Waals surface area contributed by atoms with E-state index < -0.39 is 18.3 Å². The van der Waals surface area contributed by atoms with Crippen molar-refractivity contribution < 1.29 is 22.7 Å². The Bertz CT molecular complexity index is 926. The fraction of sp³-hybridized carbons (Fsp3) is 0.118. The molecule has 134 valence electrons. The van der Waals surface area contributed by atoms with Gasteiger partial charge in [0, 0.05) is 0 Å². The summed E-state index contributed by atoms with van der Waals surface area (Å²) in [7, 11) is 0. The van der Waals surface area contributed by atoms with Crippen LogP contribution in [-0.2, 0) is 0 Å². The molecule has 1 aromatic heterocycles. The Kier molecular flexibility index (Phi) is 4.87. The van der Waals surface area contributed by atoms with E-state index in [4.69, 9.17) is 0 Å². The van der Waals surface area contributed by atoms with Crippen LogP contribution in [0.2, 0.25) is 0 Å². The van der Waals surface area contributed by atoms with E-state index >= 15 is 0 Å². The maximum atomic E-state index is 13.6. The summed E-state index contributed by atoms with van der Waals surface area (Å²) in [6, 6.07) is 11.4. The molecule has 3 rings (SSSR count). The minimum absolute atomic E-state index is 0.000891. The van der Waals surface area contributed by atoms with E-state index in [-0.39, 0.29) is 17.1 Å². The third kappa shape index (κ3) is 3.66. The molecular formula is C17H13F3N4O2. The molecule has 0 bridgehead atoms. The predicted octanol–water partition coefficient (Wildman–Crippen LogP) is 3.57. The van der Waals surface area contributed by atoms with Crippen LogP contribution in [0.3, 0.4) is 0 Å². The summed E-state index contributed by atoms with van der Waals surface area (Å²) in [4.78, 5) is 12.3. The van der Waals surface area contributed by atoms with Crippen LogP contribution in [0.5, 0.6) is 5.75 Å². The minimum Gasteiger partial charge on any atom is -0.435 e. The number of rotatable bonds is 5. The summed E-state index contributed by atoms with van der Waals surface area (Å²) in [5.74, 6) is -1.18. The topological polar surface area (TPSA) is 69.0 Å². The first-order valence-corrected chi connectivity index (χ1v) is 7.49. The van der Waals surface area contributed by atoms with Gasteiger partial charge in [-0.2, -0.15) is 8.78 Å². The van der Waals surface area contributed by atoms with E-state index in [1.165, 1.54) is 47.1 Å². The molecule has 0 radical (unpaired) electrons. The van der Waals surface area contributed by atoms with Crippen molar-refractivity contribution in [1.29, 1.82) is 0 Å². The largest absolute Gasteiger partial charge is 0.435 e. The van der Waals surface area contributed by atoms with Crippen LogP contribution in [0.1, 0.15) is 16.2 Å². The highest BCUT2D eigenvalue weighted by atomic mass is 19.3. The molecule has 0 spiro atoms. The zero-order valence-electron chi connectivity index (χ0n) is 13.5. The number of anilines is 1. The van der Waals surface area contributed by atoms with Crippen molar-refractivity contribution in [3.63, 3.8) is 0 Å². The molecule has 0 unspecified atom stereocenters. The molecule has 0 fully saturated rings. The van der Waals surface area contributed by atoms with Gasteiger partial charge >= 0.3 is 6.61 Å². The monoisotopic (exact) mass is 362 g/mol. The summed E-state index contributed by atoms with van der Waals surface area (Å²) in [5, 5.41) is 10.1. The molecule has 6 nitrogen and oxygen atoms in total. The third-order valence-electron chi connectivity index (χ3n) is 3.54. The zero-order chi connectivity index (χ0) is 18.7. The van der Waals surface area contributed by atoms with Crippen LogP contribution in [0, 0.1) is 12.7 Å². The molecule has 0 saturated carbocycles. The van der Waals surface area contributed by atoms with Crippen molar-refractivity contribution in [1.82, 2.24) is 15.0 Å². The molecule has 2 aromatic carbocycles. The van der Waals surface area contributed by atoms with Crippen molar-refractivity contribution >= 4 is 11.6 Å². The Morgan fingerprint density at radius 3 is 2.50 bits per heavy atom. The molecule has 0 atom stereocenters. The average molecular weight is 362 g/mol. The maximum Gasteiger partial charge on any atom is 0.387 e. The van der Waals surface area contributed by atoms with Gasteiger partial charge < -0.3 is 10.1 Å². The number of nitrogens with zero attached hydrogens (tertiary/aromatic N) is 3. The Morgan fingerprint density at radius 1 is 1.15 bits per heavy atom. The normalized spacial score (nSPS) is 10.8. The number of amides is 1. The number of ether oxygens (including phenoxy) is 1. The average Bonchev–Trinajstić information content (AvgIpc) is 2.99. The van der Waals surface area contributed by atoms with Crippen molar-refractivity contribution in [3.05, 3.63) is 65.7 Å². The Morgan fingerprint density at radius 2 is 1.85 bits per heavy atom. The molecule has 0 aliphatic carbocycles. The van der Waals surface area contributed by atoms with Crippen LogP contribution in [0.25, 0.3) is 5.69 Å². The van der Waals surface area contributed by atoms with Gasteiger partial charge in [-0.15, -0.1) is 5.10 Å². The van der Waals surface area contributed by atoms with Crippen molar-refractivity contribution in [2.24, 2.45) is 0 Å². The van der Waals surface area contributed by atoms with E-state index in [9.17, 15) is 18.0 Å². The number of para-hydroxylation sites is 1. The van der Waals surface area contributed by atoms with Gasteiger partial charge in [0.05, 0.1) is 17.1 Å². The first-order valence-electron chi connectivity index (χ1n) is 7.49. The fourth-order valence-electron chi connectivity index (χ4n) is 2.30. The number of carbonyl (C=O) groups is 1. The van der Waals surface area contributed by atoms with Gasteiger partial charge in [-0.25, -0.2) is 9.07 Å². The van der Waals surface area contributed by atoms with Crippen LogP contribution in [0.15, 0.2) is 48.5 Å². The molecule has 1 amide bonds.